The number of nitrogens with one attached hydrogen (secondary N) is 3. The lowest BCUT2D eigenvalue weighted by molar-refractivity contribution is -0.141. The number of anilines is 1. The quantitative estimate of drug-likeness (QED) is 0.428. The third kappa shape index (κ3) is 4.51. The molecule has 0 aliphatic heterocycles. The van der Waals surface area contributed by atoms with E-state index in [1.807, 2.05) is 19.1 Å². The van der Waals surface area contributed by atoms with E-state index in [2.05, 4.69) is 35.8 Å². The Morgan fingerprint density at radius 2 is 1.91 bits per heavy atom. The molecule has 3 N–H and O–H groups in total. The number of H-pyrrole nitrogens is 1. The Bertz CT molecular complexity index is 1270. The Morgan fingerprint density at radius 1 is 1.09 bits per heavy atom. The minimum Gasteiger partial charge on any atom is -0.331 e. The van der Waals surface area contributed by atoms with Gasteiger partial charge in [0.15, 0.2) is 0 Å². The molecule has 0 aliphatic carbocycles. The maximum atomic E-state index is 12.6. The Hall–Kier alpha value is -4.02. The molecule has 1 unspecified atom stereocenters. The van der Waals surface area contributed by atoms with Crippen LogP contribution >= 0.6 is 0 Å². The molecule has 4 aromatic heterocycles. The third-order valence-electron chi connectivity index (χ3n) is 4.78. The van der Waals surface area contributed by atoms with Crippen LogP contribution in [0.1, 0.15) is 29.9 Å². The van der Waals surface area contributed by atoms with Crippen LogP contribution in [0, 0.1) is 6.92 Å². The monoisotopic (exact) mass is 441 g/mol. The van der Waals surface area contributed by atoms with E-state index in [9.17, 15) is 18.0 Å². The Labute approximate surface area is 180 Å². The number of nitrogens with zero attached hydrogens (tertiary/aromatic N) is 4. The molecule has 0 aromatic carbocycles. The van der Waals surface area contributed by atoms with Crippen LogP contribution < -0.4 is 10.6 Å². The topological polar surface area (TPSA) is 108 Å². The number of carbonyl (C=O) groups is 1. The molecular formula is C21H18F3N7O. The molecule has 164 valence electrons. The number of carbonyl (C=O) groups excluding carboxylic acids is 1. The molecule has 0 fully saturated rings. The van der Waals surface area contributed by atoms with E-state index in [1.165, 1.54) is 6.07 Å². The maximum Gasteiger partial charge on any atom is 0.433 e. The lowest BCUT2D eigenvalue weighted by Gasteiger charge is -2.15. The number of amides is 2. The second-order valence-corrected chi connectivity index (χ2v) is 7.17. The number of aromatic amines is 1. The van der Waals surface area contributed by atoms with Crippen LogP contribution in [0.15, 0.2) is 48.9 Å². The lowest BCUT2D eigenvalue weighted by atomic mass is 10.1. The van der Waals surface area contributed by atoms with Crippen molar-refractivity contribution in [3.8, 4) is 11.3 Å². The van der Waals surface area contributed by atoms with Gasteiger partial charge < -0.3 is 5.32 Å². The first-order valence-electron chi connectivity index (χ1n) is 9.58. The van der Waals surface area contributed by atoms with Crippen molar-refractivity contribution in [3.63, 3.8) is 0 Å². The van der Waals surface area contributed by atoms with Gasteiger partial charge >= 0.3 is 12.2 Å². The number of urea groups is 1. The number of hydrogen-bond donors (Lipinski definition) is 3. The predicted molar refractivity (Wildman–Crippen MR) is 112 cm³/mol. The minimum absolute atomic E-state index is 0.286. The highest BCUT2D eigenvalue weighted by atomic mass is 19.4. The van der Waals surface area contributed by atoms with Gasteiger partial charge in [-0.05, 0) is 37.6 Å². The van der Waals surface area contributed by atoms with Crippen molar-refractivity contribution in [1.29, 1.82) is 0 Å². The summed E-state index contributed by atoms with van der Waals surface area (Å²) in [6.07, 6.45) is -0.125. The predicted octanol–water partition coefficient (Wildman–Crippen LogP) is 4.62. The second-order valence-electron chi connectivity index (χ2n) is 7.17. The zero-order valence-electron chi connectivity index (χ0n) is 17.0. The average Bonchev–Trinajstić information content (AvgIpc) is 3.16. The number of aryl methyl sites for hydroxylation is 1. The molecule has 0 aliphatic rings. The number of pyridine rings is 3. The van der Waals surface area contributed by atoms with E-state index >= 15 is 0 Å². The highest BCUT2D eigenvalue weighted by Crippen LogP contribution is 2.28. The SMILES string of the molecule is Cc1cc(-c2n[nH]c3cc(NC(=O)NC(C)c4ccc(C(F)(F)F)nc4)ncc23)ccn1. The van der Waals surface area contributed by atoms with Gasteiger partial charge in [-0.2, -0.15) is 18.3 Å². The van der Waals surface area contributed by atoms with E-state index in [4.69, 9.17) is 0 Å². The molecular weight excluding hydrogens is 423 g/mol. The molecule has 0 spiro atoms. The molecule has 11 heteroatoms. The van der Waals surface area contributed by atoms with Gasteiger partial charge in [0.25, 0.3) is 0 Å². The highest BCUT2D eigenvalue weighted by Gasteiger charge is 2.32. The van der Waals surface area contributed by atoms with Gasteiger partial charge in [0.05, 0.1) is 11.6 Å². The van der Waals surface area contributed by atoms with Crippen molar-refractivity contribution >= 4 is 22.8 Å². The lowest BCUT2D eigenvalue weighted by Crippen LogP contribution is -2.31. The van der Waals surface area contributed by atoms with Gasteiger partial charge in [-0.15, -0.1) is 0 Å². The average molecular weight is 441 g/mol. The van der Waals surface area contributed by atoms with Crippen LogP contribution in [0.4, 0.5) is 23.8 Å². The zero-order valence-corrected chi connectivity index (χ0v) is 17.0. The van der Waals surface area contributed by atoms with Crippen LogP contribution in [-0.4, -0.2) is 31.2 Å². The molecule has 4 heterocycles. The first kappa shape index (κ1) is 21.2. The van der Waals surface area contributed by atoms with Crippen LogP contribution in [-0.2, 0) is 6.18 Å². The standard InChI is InChI=1S/C21H18F3N7O/c1-11-7-13(5-6-25-11)19-15-10-27-18(8-16(15)30-31-19)29-20(32)28-12(2)14-3-4-17(26-9-14)21(22,23)24/h3-10,12H,1-2H3,(H,30,31)(H2,27,28,29,32). The normalized spacial score (nSPS) is 12.5. The highest BCUT2D eigenvalue weighted by molar-refractivity contribution is 5.95. The molecule has 1 atom stereocenters. The fourth-order valence-corrected chi connectivity index (χ4v) is 3.16. The molecule has 2 amide bonds. The van der Waals surface area contributed by atoms with Gasteiger partial charge in [-0.25, -0.2) is 9.78 Å². The number of rotatable bonds is 4. The summed E-state index contributed by atoms with van der Waals surface area (Å²) in [4.78, 5) is 24.2. The van der Waals surface area contributed by atoms with Crippen LogP contribution in [0.25, 0.3) is 22.2 Å². The fraction of sp³-hybridized carbons (Fsp3) is 0.190. The van der Waals surface area contributed by atoms with Crippen molar-refractivity contribution in [2.75, 3.05) is 5.32 Å². The van der Waals surface area contributed by atoms with E-state index in [0.717, 1.165) is 34.6 Å². The summed E-state index contributed by atoms with van der Waals surface area (Å²) in [5, 5.41) is 13.3. The summed E-state index contributed by atoms with van der Waals surface area (Å²) in [6, 6.07) is 6.42. The van der Waals surface area contributed by atoms with E-state index in [0.29, 0.717) is 11.1 Å². The van der Waals surface area contributed by atoms with Crippen molar-refractivity contribution in [1.82, 2.24) is 30.5 Å². The summed E-state index contributed by atoms with van der Waals surface area (Å²) < 4.78 is 37.9. The number of halogens is 3. The Kier molecular flexibility index (Phi) is 5.47. The van der Waals surface area contributed by atoms with Gasteiger partial charge in [-0.1, -0.05) is 6.07 Å². The third-order valence-corrected chi connectivity index (χ3v) is 4.78. The van der Waals surface area contributed by atoms with Gasteiger partial charge in [-0.3, -0.25) is 20.4 Å². The summed E-state index contributed by atoms with van der Waals surface area (Å²) in [5.41, 5.74) is 2.60. The molecule has 4 aromatic rings. The Morgan fingerprint density at radius 3 is 2.59 bits per heavy atom. The summed E-state index contributed by atoms with van der Waals surface area (Å²) in [5.74, 6) is 0.286. The van der Waals surface area contributed by atoms with Crippen molar-refractivity contribution in [3.05, 3.63) is 65.9 Å². The van der Waals surface area contributed by atoms with Crippen molar-refractivity contribution in [2.45, 2.75) is 26.1 Å². The number of hydrogen-bond acceptors (Lipinski definition) is 5. The van der Waals surface area contributed by atoms with Crippen molar-refractivity contribution < 1.29 is 18.0 Å². The van der Waals surface area contributed by atoms with Gasteiger partial charge in [0, 0.05) is 41.3 Å². The second kappa shape index (κ2) is 8.25. The number of alkyl halides is 3. The molecule has 0 bridgehead atoms. The van der Waals surface area contributed by atoms with Gasteiger partial charge in [0.1, 0.15) is 17.2 Å². The summed E-state index contributed by atoms with van der Waals surface area (Å²) in [6.45, 7) is 3.53. The zero-order chi connectivity index (χ0) is 22.9. The smallest absolute Gasteiger partial charge is 0.331 e. The Balaban J connectivity index is 1.44. The van der Waals surface area contributed by atoms with E-state index in [-0.39, 0.29) is 5.82 Å². The maximum absolute atomic E-state index is 12.6. The molecule has 32 heavy (non-hydrogen) atoms. The first-order valence-corrected chi connectivity index (χ1v) is 9.58. The summed E-state index contributed by atoms with van der Waals surface area (Å²) in [7, 11) is 0. The van der Waals surface area contributed by atoms with E-state index < -0.39 is 23.9 Å². The molecule has 0 saturated carbocycles. The van der Waals surface area contributed by atoms with Crippen molar-refractivity contribution in [2.24, 2.45) is 0 Å². The number of fused-ring (bicyclic) bond motifs is 1. The fourth-order valence-electron chi connectivity index (χ4n) is 3.16. The molecule has 8 nitrogen and oxygen atoms in total. The van der Waals surface area contributed by atoms with E-state index in [1.54, 1.807) is 25.4 Å². The number of aromatic nitrogens is 5. The summed E-state index contributed by atoms with van der Waals surface area (Å²) >= 11 is 0. The molecule has 4 rings (SSSR count). The van der Waals surface area contributed by atoms with Gasteiger partial charge in [0.2, 0.25) is 0 Å². The first-order chi connectivity index (χ1) is 15.2. The largest absolute Gasteiger partial charge is 0.433 e. The van der Waals surface area contributed by atoms with Crippen LogP contribution in [0.2, 0.25) is 0 Å². The van der Waals surface area contributed by atoms with Crippen LogP contribution in [0.3, 0.4) is 0 Å². The molecule has 0 saturated heterocycles. The van der Waals surface area contributed by atoms with Crippen LogP contribution in [0.5, 0.6) is 0 Å². The molecule has 0 radical (unpaired) electrons. The minimum atomic E-state index is -4.51.